The smallest absolute Gasteiger partial charge is 0.0156 e. The van der Waals surface area contributed by atoms with Crippen LogP contribution in [0.15, 0.2) is 6.07 Å². The highest BCUT2D eigenvalue weighted by Crippen LogP contribution is 2.41. The van der Waals surface area contributed by atoms with Crippen molar-refractivity contribution < 1.29 is 0 Å². The van der Waals surface area contributed by atoms with Gasteiger partial charge < -0.3 is 10.7 Å². The van der Waals surface area contributed by atoms with Gasteiger partial charge in [0.2, 0.25) is 0 Å². The van der Waals surface area contributed by atoms with Crippen molar-refractivity contribution in [3.05, 3.63) is 23.0 Å². The molecule has 0 aliphatic heterocycles. The van der Waals surface area contributed by atoms with Gasteiger partial charge in [-0.1, -0.05) is 12.8 Å². The first kappa shape index (κ1) is 9.78. The van der Waals surface area contributed by atoms with Crippen LogP contribution in [0.5, 0.6) is 0 Å². The van der Waals surface area contributed by atoms with Gasteiger partial charge in [-0.05, 0) is 38.3 Å². The van der Waals surface area contributed by atoms with E-state index in [0.717, 1.165) is 6.54 Å². The lowest BCUT2D eigenvalue weighted by Gasteiger charge is -2.27. The van der Waals surface area contributed by atoms with Crippen molar-refractivity contribution in [2.75, 3.05) is 6.54 Å². The van der Waals surface area contributed by atoms with E-state index in [1.54, 1.807) is 0 Å². The molecule has 1 fully saturated rings. The summed E-state index contributed by atoms with van der Waals surface area (Å²) in [5.41, 5.74) is 10.3. The van der Waals surface area contributed by atoms with Gasteiger partial charge in [0.1, 0.15) is 0 Å². The molecule has 1 aliphatic rings. The lowest BCUT2D eigenvalue weighted by atomic mass is 9.79. The van der Waals surface area contributed by atoms with Crippen molar-refractivity contribution in [2.45, 2.75) is 44.9 Å². The summed E-state index contributed by atoms with van der Waals surface area (Å²) in [5.74, 6) is 0. The third-order valence-electron chi connectivity index (χ3n) is 3.67. The van der Waals surface area contributed by atoms with Crippen molar-refractivity contribution in [3.63, 3.8) is 0 Å². The van der Waals surface area contributed by atoms with Gasteiger partial charge in [-0.15, -0.1) is 0 Å². The summed E-state index contributed by atoms with van der Waals surface area (Å²) in [6.07, 6.45) is 5.20. The zero-order valence-electron chi connectivity index (χ0n) is 9.19. The summed E-state index contributed by atoms with van der Waals surface area (Å²) in [6, 6.07) is 2.29. The predicted molar refractivity (Wildman–Crippen MR) is 59.5 cm³/mol. The molecule has 0 aromatic carbocycles. The van der Waals surface area contributed by atoms with Crippen LogP contribution in [-0.2, 0) is 5.41 Å². The largest absolute Gasteiger partial charge is 0.362 e. The van der Waals surface area contributed by atoms with Crippen molar-refractivity contribution in [1.29, 1.82) is 0 Å². The Kier molecular flexibility index (Phi) is 2.40. The monoisotopic (exact) mass is 192 g/mol. The molecule has 1 aliphatic carbocycles. The van der Waals surface area contributed by atoms with Crippen LogP contribution in [0.25, 0.3) is 0 Å². The Morgan fingerprint density at radius 3 is 2.43 bits per heavy atom. The molecule has 0 atom stereocenters. The average molecular weight is 192 g/mol. The molecular weight excluding hydrogens is 172 g/mol. The Balaban J connectivity index is 2.40. The normalized spacial score (nSPS) is 20.2. The van der Waals surface area contributed by atoms with Crippen LogP contribution in [0.2, 0.25) is 0 Å². The van der Waals surface area contributed by atoms with Crippen LogP contribution in [0.3, 0.4) is 0 Å². The number of nitrogens with two attached hydrogens (primary N) is 1. The van der Waals surface area contributed by atoms with E-state index in [1.165, 1.54) is 42.6 Å². The summed E-state index contributed by atoms with van der Waals surface area (Å²) < 4.78 is 0. The zero-order chi connectivity index (χ0) is 10.2. The summed E-state index contributed by atoms with van der Waals surface area (Å²) in [7, 11) is 0. The Hall–Kier alpha value is -0.760. The Labute approximate surface area is 85.9 Å². The van der Waals surface area contributed by atoms with E-state index in [9.17, 15) is 0 Å². The second-order valence-electron chi connectivity index (χ2n) is 4.68. The third kappa shape index (κ3) is 1.38. The molecule has 0 radical (unpaired) electrons. The van der Waals surface area contributed by atoms with Gasteiger partial charge in [0.25, 0.3) is 0 Å². The van der Waals surface area contributed by atoms with Crippen LogP contribution in [-0.4, -0.2) is 11.5 Å². The summed E-state index contributed by atoms with van der Waals surface area (Å²) in [6.45, 7) is 5.08. The molecule has 1 saturated carbocycles. The average Bonchev–Trinajstić information content (AvgIpc) is 2.73. The maximum atomic E-state index is 5.97. The van der Waals surface area contributed by atoms with Crippen molar-refractivity contribution >= 4 is 0 Å². The van der Waals surface area contributed by atoms with Crippen LogP contribution >= 0.6 is 0 Å². The molecule has 3 N–H and O–H groups in total. The highest BCUT2D eigenvalue weighted by Gasteiger charge is 2.35. The quantitative estimate of drug-likeness (QED) is 0.742. The van der Waals surface area contributed by atoms with Gasteiger partial charge in [-0.25, -0.2) is 0 Å². The summed E-state index contributed by atoms with van der Waals surface area (Å²) >= 11 is 0. The highest BCUT2D eigenvalue weighted by atomic mass is 14.7. The standard InChI is InChI=1S/C12H20N2/c1-9-7-11(10(2)14-9)12(8-13)5-3-4-6-12/h7,14H,3-6,8,13H2,1-2H3. The Morgan fingerprint density at radius 1 is 1.36 bits per heavy atom. The van der Waals surface area contributed by atoms with Crippen molar-refractivity contribution in [1.82, 2.24) is 4.98 Å². The number of aryl methyl sites for hydroxylation is 2. The molecule has 0 spiro atoms. The third-order valence-corrected chi connectivity index (χ3v) is 3.67. The lowest BCUT2D eigenvalue weighted by molar-refractivity contribution is 0.451. The molecule has 2 rings (SSSR count). The maximum absolute atomic E-state index is 5.97. The molecule has 0 bridgehead atoms. The van der Waals surface area contributed by atoms with Crippen molar-refractivity contribution in [3.8, 4) is 0 Å². The molecule has 1 heterocycles. The maximum Gasteiger partial charge on any atom is 0.0156 e. The second kappa shape index (κ2) is 3.43. The minimum Gasteiger partial charge on any atom is -0.362 e. The molecule has 0 saturated heterocycles. The highest BCUT2D eigenvalue weighted by molar-refractivity contribution is 5.34. The fraction of sp³-hybridized carbons (Fsp3) is 0.667. The molecule has 0 unspecified atom stereocenters. The molecule has 1 aromatic heterocycles. The molecule has 78 valence electrons. The minimum absolute atomic E-state index is 0.287. The van der Waals surface area contributed by atoms with E-state index in [1.807, 2.05) is 0 Å². The van der Waals surface area contributed by atoms with Gasteiger partial charge in [-0.3, -0.25) is 0 Å². The SMILES string of the molecule is Cc1cc(C2(CN)CCCC2)c(C)[nH]1. The fourth-order valence-corrected chi connectivity index (χ4v) is 2.91. The number of hydrogen-bond acceptors (Lipinski definition) is 1. The zero-order valence-corrected chi connectivity index (χ0v) is 9.19. The van der Waals surface area contributed by atoms with Crippen molar-refractivity contribution in [2.24, 2.45) is 5.73 Å². The van der Waals surface area contributed by atoms with E-state index in [2.05, 4.69) is 24.9 Å². The minimum atomic E-state index is 0.287. The van der Waals surface area contributed by atoms with Crippen LogP contribution in [0, 0.1) is 13.8 Å². The van der Waals surface area contributed by atoms with Crippen LogP contribution < -0.4 is 5.73 Å². The van der Waals surface area contributed by atoms with Crippen LogP contribution in [0.4, 0.5) is 0 Å². The van der Waals surface area contributed by atoms with Gasteiger partial charge in [0, 0.05) is 23.3 Å². The number of aromatic amines is 1. The van der Waals surface area contributed by atoms with E-state index in [0.29, 0.717) is 0 Å². The number of nitrogens with one attached hydrogen (secondary N) is 1. The van der Waals surface area contributed by atoms with E-state index < -0.39 is 0 Å². The van der Waals surface area contributed by atoms with E-state index in [-0.39, 0.29) is 5.41 Å². The number of H-pyrrole nitrogens is 1. The summed E-state index contributed by atoms with van der Waals surface area (Å²) in [5, 5.41) is 0. The first-order valence-electron chi connectivity index (χ1n) is 5.55. The molecular formula is C12H20N2. The lowest BCUT2D eigenvalue weighted by Crippen LogP contribution is -2.32. The van der Waals surface area contributed by atoms with Gasteiger partial charge >= 0.3 is 0 Å². The Morgan fingerprint density at radius 2 is 2.00 bits per heavy atom. The van der Waals surface area contributed by atoms with E-state index in [4.69, 9.17) is 5.73 Å². The van der Waals surface area contributed by atoms with Crippen LogP contribution in [0.1, 0.15) is 42.6 Å². The molecule has 1 aromatic rings. The number of aromatic nitrogens is 1. The number of hydrogen-bond donors (Lipinski definition) is 2. The van der Waals surface area contributed by atoms with Gasteiger partial charge in [0.05, 0.1) is 0 Å². The first-order valence-corrected chi connectivity index (χ1v) is 5.55. The first-order chi connectivity index (χ1) is 6.68. The predicted octanol–water partition coefficient (Wildman–Crippen LogP) is 2.40. The molecule has 2 heteroatoms. The van der Waals surface area contributed by atoms with E-state index >= 15 is 0 Å². The fourth-order valence-electron chi connectivity index (χ4n) is 2.91. The molecule has 0 amide bonds. The number of rotatable bonds is 2. The molecule has 14 heavy (non-hydrogen) atoms. The topological polar surface area (TPSA) is 41.8 Å². The second-order valence-corrected chi connectivity index (χ2v) is 4.68. The Bertz CT molecular complexity index is 319. The molecule has 2 nitrogen and oxygen atoms in total. The van der Waals surface area contributed by atoms with Gasteiger partial charge in [-0.2, -0.15) is 0 Å². The van der Waals surface area contributed by atoms with Gasteiger partial charge in [0.15, 0.2) is 0 Å². The summed E-state index contributed by atoms with van der Waals surface area (Å²) in [4.78, 5) is 3.39.